The molecule has 3 aromatic rings. The number of rotatable bonds is 4. The van der Waals surface area contributed by atoms with Crippen LogP contribution in [0.2, 0.25) is 0 Å². The summed E-state index contributed by atoms with van der Waals surface area (Å²) in [7, 11) is 0. The average molecular weight is 323 g/mol. The first-order valence-electron chi connectivity index (χ1n) is 8.47. The van der Waals surface area contributed by atoms with Gasteiger partial charge in [0.15, 0.2) is 0 Å². The fraction of sp³-hybridized carbons (Fsp3) is 0.412. The second kappa shape index (κ2) is 6.43. The molecule has 0 radical (unpaired) electrons. The van der Waals surface area contributed by atoms with Gasteiger partial charge in [0.1, 0.15) is 5.82 Å². The number of tetrazole rings is 1. The van der Waals surface area contributed by atoms with Crippen molar-refractivity contribution in [3.8, 4) is 5.69 Å². The lowest BCUT2D eigenvalue weighted by Crippen LogP contribution is -2.38. The lowest BCUT2D eigenvalue weighted by molar-refractivity contribution is 0.391. The summed E-state index contributed by atoms with van der Waals surface area (Å²) in [6.07, 6.45) is 7.21. The number of nitrogens with zero attached hydrogens (tertiary/aromatic N) is 7. The summed E-state index contributed by atoms with van der Waals surface area (Å²) in [5, 5.41) is 12.4. The SMILES string of the molecule is CCc1nccn1[C@H]1CCCN(c2nnnn2-c2ccccc2)C1. The van der Waals surface area contributed by atoms with Crippen molar-refractivity contribution in [1.29, 1.82) is 0 Å². The minimum absolute atomic E-state index is 0.414. The van der Waals surface area contributed by atoms with Crippen molar-refractivity contribution in [3.63, 3.8) is 0 Å². The normalized spacial score (nSPS) is 18.0. The molecule has 1 atom stereocenters. The fourth-order valence-corrected chi connectivity index (χ4v) is 3.43. The van der Waals surface area contributed by atoms with Gasteiger partial charge in [0, 0.05) is 31.9 Å². The number of anilines is 1. The predicted molar refractivity (Wildman–Crippen MR) is 91.2 cm³/mol. The number of benzene rings is 1. The van der Waals surface area contributed by atoms with Crippen molar-refractivity contribution in [2.24, 2.45) is 0 Å². The molecule has 4 rings (SSSR count). The van der Waals surface area contributed by atoms with Gasteiger partial charge in [-0.3, -0.25) is 0 Å². The van der Waals surface area contributed by atoms with Gasteiger partial charge < -0.3 is 9.47 Å². The van der Waals surface area contributed by atoms with Crippen LogP contribution in [0.15, 0.2) is 42.7 Å². The van der Waals surface area contributed by atoms with Crippen LogP contribution in [0.3, 0.4) is 0 Å². The summed E-state index contributed by atoms with van der Waals surface area (Å²) >= 11 is 0. The maximum Gasteiger partial charge on any atom is 0.250 e. The van der Waals surface area contributed by atoms with Crippen LogP contribution in [-0.4, -0.2) is 42.8 Å². The van der Waals surface area contributed by atoms with E-state index < -0.39 is 0 Å². The number of aromatic nitrogens is 6. The summed E-state index contributed by atoms with van der Waals surface area (Å²) < 4.78 is 4.12. The molecule has 0 spiro atoms. The van der Waals surface area contributed by atoms with Gasteiger partial charge in [-0.1, -0.05) is 30.2 Å². The Morgan fingerprint density at radius 1 is 1.21 bits per heavy atom. The fourth-order valence-electron chi connectivity index (χ4n) is 3.43. The van der Waals surface area contributed by atoms with Gasteiger partial charge in [0.05, 0.1) is 11.7 Å². The molecule has 1 fully saturated rings. The minimum Gasteiger partial charge on any atom is -0.337 e. The van der Waals surface area contributed by atoms with Crippen LogP contribution >= 0.6 is 0 Å². The van der Waals surface area contributed by atoms with E-state index in [-0.39, 0.29) is 0 Å². The van der Waals surface area contributed by atoms with E-state index in [1.54, 1.807) is 0 Å². The van der Waals surface area contributed by atoms with Crippen molar-refractivity contribution in [1.82, 2.24) is 29.8 Å². The molecule has 1 saturated heterocycles. The summed E-state index contributed by atoms with van der Waals surface area (Å²) in [6.45, 7) is 4.02. The topological polar surface area (TPSA) is 64.7 Å². The van der Waals surface area contributed by atoms with E-state index >= 15 is 0 Å². The van der Waals surface area contributed by atoms with E-state index in [1.807, 2.05) is 41.2 Å². The monoisotopic (exact) mass is 323 g/mol. The lowest BCUT2D eigenvalue weighted by atomic mass is 10.1. The summed E-state index contributed by atoms with van der Waals surface area (Å²) in [6, 6.07) is 10.4. The highest BCUT2D eigenvalue weighted by Gasteiger charge is 2.26. The molecule has 1 aromatic carbocycles. The van der Waals surface area contributed by atoms with Gasteiger partial charge in [-0.05, 0) is 35.4 Å². The first-order valence-corrected chi connectivity index (χ1v) is 8.47. The maximum absolute atomic E-state index is 4.46. The Bertz CT molecular complexity index is 792. The molecule has 0 unspecified atom stereocenters. The Morgan fingerprint density at radius 3 is 2.92 bits per heavy atom. The molecular formula is C17H21N7. The molecule has 0 bridgehead atoms. The van der Waals surface area contributed by atoms with Gasteiger partial charge in [-0.25, -0.2) is 4.98 Å². The van der Waals surface area contributed by atoms with E-state index in [0.29, 0.717) is 6.04 Å². The Labute approximate surface area is 140 Å². The number of hydrogen-bond acceptors (Lipinski definition) is 5. The molecule has 7 heteroatoms. The molecule has 1 aliphatic heterocycles. The highest BCUT2D eigenvalue weighted by molar-refractivity contribution is 5.41. The van der Waals surface area contributed by atoms with Gasteiger partial charge in [-0.2, -0.15) is 4.68 Å². The van der Waals surface area contributed by atoms with E-state index in [4.69, 9.17) is 0 Å². The summed E-state index contributed by atoms with van der Waals surface area (Å²) in [5.74, 6) is 1.95. The average Bonchev–Trinajstić information content (AvgIpc) is 3.31. The first-order chi connectivity index (χ1) is 11.9. The van der Waals surface area contributed by atoms with Crippen molar-refractivity contribution in [3.05, 3.63) is 48.5 Å². The van der Waals surface area contributed by atoms with Gasteiger partial charge in [0.25, 0.3) is 0 Å². The van der Waals surface area contributed by atoms with E-state index in [9.17, 15) is 0 Å². The standard InChI is InChI=1S/C17H21N7/c1-2-16-18-10-12-23(16)15-9-6-11-22(13-15)17-19-20-21-24(17)14-7-4-3-5-8-14/h3-5,7-8,10,12,15H,2,6,9,11,13H2,1H3/t15-/m0/s1. The third-order valence-electron chi connectivity index (χ3n) is 4.59. The Morgan fingerprint density at radius 2 is 2.08 bits per heavy atom. The molecule has 0 amide bonds. The molecule has 0 aliphatic carbocycles. The van der Waals surface area contributed by atoms with Crippen molar-refractivity contribution in [2.75, 3.05) is 18.0 Å². The van der Waals surface area contributed by atoms with E-state index in [0.717, 1.165) is 49.8 Å². The van der Waals surface area contributed by atoms with Crippen LogP contribution in [0, 0.1) is 0 Å². The second-order valence-electron chi connectivity index (χ2n) is 6.07. The maximum atomic E-state index is 4.46. The molecule has 1 aliphatic rings. The Balaban J connectivity index is 1.61. The van der Waals surface area contributed by atoms with Crippen molar-refractivity contribution in [2.45, 2.75) is 32.2 Å². The summed E-state index contributed by atoms with van der Waals surface area (Å²) in [4.78, 5) is 6.74. The summed E-state index contributed by atoms with van der Waals surface area (Å²) in [5.41, 5.74) is 0.983. The van der Waals surface area contributed by atoms with Gasteiger partial charge in [0.2, 0.25) is 5.95 Å². The third kappa shape index (κ3) is 2.66. The Hall–Kier alpha value is -2.70. The molecule has 0 saturated carbocycles. The van der Waals surface area contributed by atoms with Crippen LogP contribution in [0.4, 0.5) is 5.95 Å². The highest BCUT2D eigenvalue weighted by atomic mass is 15.6. The molecule has 24 heavy (non-hydrogen) atoms. The number of aryl methyl sites for hydroxylation is 1. The zero-order valence-electron chi connectivity index (χ0n) is 13.8. The zero-order chi connectivity index (χ0) is 16.4. The number of imidazole rings is 1. The van der Waals surface area contributed by atoms with Crippen LogP contribution in [-0.2, 0) is 6.42 Å². The van der Waals surface area contributed by atoms with Crippen molar-refractivity contribution >= 4 is 5.95 Å². The van der Waals surface area contributed by atoms with Crippen LogP contribution < -0.4 is 4.90 Å². The number of hydrogen-bond donors (Lipinski definition) is 0. The van der Waals surface area contributed by atoms with Crippen LogP contribution in [0.25, 0.3) is 5.69 Å². The smallest absolute Gasteiger partial charge is 0.250 e. The highest BCUT2D eigenvalue weighted by Crippen LogP contribution is 2.26. The first kappa shape index (κ1) is 14.9. The minimum atomic E-state index is 0.414. The lowest BCUT2D eigenvalue weighted by Gasteiger charge is -2.34. The molecular weight excluding hydrogens is 302 g/mol. The van der Waals surface area contributed by atoms with Crippen molar-refractivity contribution < 1.29 is 0 Å². The number of para-hydroxylation sites is 1. The van der Waals surface area contributed by atoms with Crippen LogP contribution in [0.5, 0.6) is 0 Å². The quantitative estimate of drug-likeness (QED) is 0.737. The molecule has 7 nitrogen and oxygen atoms in total. The number of piperidine rings is 1. The molecule has 3 heterocycles. The van der Waals surface area contributed by atoms with Gasteiger partial charge in [-0.15, -0.1) is 0 Å². The Kier molecular flexibility index (Phi) is 3.98. The second-order valence-corrected chi connectivity index (χ2v) is 6.07. The third-order valence-corrected chi connectivity index (χ3v) is 4.59. The zero-order valence-corrected chi connectivity index (χ0v) is 13.8. The molecule has 124 valence electrons. The van der Waals surface area contributed by atoms with E-state index in [2.05, 4.69) is 43.1 Å². The van der Waals surface area contributed by atoms with Gasteiger partial charge >= 0.3 is 0 Å². The molecule has 0 N–H and O–H groups in total. The van der Waals surface area contributed by atoms with Crippen LogP contribution in [0.1, 0.15) is 31.6 Å². The largest absolute Gasteiger partial charge is 0.337 e. The predicted octanol–water partition coefficient (Wildman–Crippen LogP) is 2.26. The molecule has 2 aromatic heterocycles. The van der Waals surface area contributed by atoms with E-state index in [1.165, 1.54) is 0 Å².